The quantitative estimate of drug-likeness (QED) is 0.902. The first-order valence-corrected chi connectivity index (χ1v) is 7.14. The summed E-state index contributed by atoms with van der Waals surface area (Å²) in [7, 11) is 0. The monoisotopic (exact) mass is 276 g/mol. The molecule has 0 aliphatic carbocycles. The van der Waals surface area contributed by atoms with Crippen molar-refractivity contribution in [3.63, 3.8) is 0 Å². The molecule has 5 nitrogen and oxygen atoms in total. The summed E-state index contributed by atoms with van der Waals surface area (Å²) in [6.07, 6.45) is 0.951. The van der Waals surface area contributed by atoms with Gasteiger partial charge in [0.25, 0.3) is 0 Å². The summed E-state index contributed by atoms with van der Waals surface area (Å²) in [6.45, 7) is 3.58. The van der Waals surface area contributed by atoms with Gasteiger partial charge in [0.2, 0.25) is 5.91 Å². The summed E-state index contributed by atoms with van der Waals surface area (Å²) in [5.74, 6) is 0.616. The summed E-state index contributed by atoms with van der Waals surface area (Å²) >= 11 is 1.77. The molecule has 0 radical (unpaired) electrons. The zero-order chi connectivity index (χ0) is 13.4. The van der Waals surface area contributed by atoms with E-state index in [-0.39, 0.29) is 12.5 Å². The zero-order valence-corrected chi connectivity index (χ0v) is 11.6. The lowest BCUT2D eigenvalue weighted by atomic mass is 10.1. The van der Waals surface area contributed by atoms with E-state index in [9.17, 15) is 4.79 Å². The summed E-state index contributed by atoms with van der Waals surface area (Å²) in [5, 5.41) is 6.32. The Balaban J connectivity index is 1.70. The molecule has 3 heterocycles. The number of amides is 1. The lowest BCUT2D eigenvalue weighted by molar-refractivity contribution is -0.132. The summed E-state index contributed by atoms with van der Waals surface area (Å²) in [6, 6.07) is 3.88. The average Bonchev–Trinajstić information content (AvgIpc) is 2.95. The number of rotatable bonds is 2. The van der Waals surface area contributed by atoms with E-state index in [1.54, 1.807) is 22.1 Å². The molecule has 100 valence electrons. The van der Waals surface area contributed by atoms with Crippen LogP contribution in [-0.4, -0.2) is 27.1 Å². The molecule has 1 aliphatic heterocycles. The number of fused-ring (bicyclic) bond motifs is 1. The number of anilines is 1. The Hall–Kier alpha value is -1.82. The number of carbonyl (C=O) groups excluding carboxylic acids is 1. The van der Waals surface area contributed by atoms with Crippen molar-refractivity contribution in [2.75, 3.05) is 12.3 Å². The first kappa shape index (κ1) is 12.2. The number of nitrogens with two attached hydrogens (primary N) is 1. The van der Waals surface area contributed by atoms with E-state index in [0.717, 1.165) is 18.7 Å². The van der Waals surface area contributed by atoms with Crippen molar-refractivity contribution in [1.82, 2.24) is 14.7 Å². The Bertz CT molecular complexity index is 616. The van der Waals surface area contributed by atoms with E-state index in [0.29, 0.717) is 12.4 Å². The fourth-order valence-electron chi connectivity index (χ4n) is 2.38. The average molecular weight is 276 g/mol. The van der Waals surface area contributed by atoms with Gasteiger partial charge in [-0.2, -0.15) is 5.10 Å². The van der Waals surface area contributed by atoms with Crippen LogP contribution in [0.2, 0.25) is 0 Å². The lowest BCUT2D eigenvalue weighted by Crippen LogP contribution is -2.37. The molecule has 0 bridgehead atoms. The highest BCUT2D eigenvalue weighted by Gasteiger charge is 2.22. The largest absolute Gasteiger partial charge is 0.384 e. The number of aryl methyl sites for hydroxylation is 1. The minimum absolute atomic E-state index is 0.0756. The summed E-state index contributed by atoms with van der Waals surface area (Å²) in [5.41, 5.74) is 7.92. The standard InChI is InChI=1S/C13H16N4OS/c1-9-6-12(14)17(15-9)8-13(18)16-4-2-11-10(7-16)3-5-19-11/h3,5-6H,2,4,7-8,14H2,1H3. The topological polar surface area (TPSA) is 64.2 Å². The molecule has 1 amide bonds. The first-order valence-electron chi connectivity index (χ1n) is 6.26. The molecule has 0 aromatic carbocycles. The van der Waals surface area contributed by atoms with Gasteiger partial charge in [0.1, 0.15) is 12.4 Å². The van der Waals surface area contributed by atoms with Crippen molar-refractivity contribution in [1.29, 1.82) is 0 Å². The van der Waals surface area contributed by atoms with Crippen molar-refractivity contribution in [3.05, 3.63) is 33.6 Å². The number of thiophene rings is 1. The van der Waals surface area contributed by atoms with Crippen molar-refractivity contribution in [2.24, 2.45) is 0 Å². The van der Waals surface area contributed by atoms with Crippen LogP contribution in [-0.2, 0) is 24.3 Å². The minimum Gasteiger partial charge on any atom is -0.384 e. The molecule has 2 aromatic heterocycles. The molecule has 0 atom stereocenters. The van der Waals surface area contributed by atoms with Gasteiger partial charge in [-0.15, -0.1) is 11.3 Å². The lowest BCUT2D eigenvalue weighted by Gasteiger charge is -2.27. The molecule has 19 heavy (non-hydrogen) atoms. The number of nitrogens with zero attached hydrogens (tertiary/aromatic N) is 3. The normalized spacial score (nSPS) is 14.5. The van der Waals surface area contributed by atoms with Gasteiger partial charge in [-0.25, -0.2) is 4.68 Å². The van der Waals surface area contributed by atoms with E-state index in [1.165, 1.54) is 10.4 Å². The second kappa shape index (κ2) is 4.70. The van der Waals surface area contributed by atoms with Gasteiger partial charge in [0, 0.05) is 24.0 Å². The van der Waals surface area contributed by atoms with Crippen LogP contribution < -0.4 is 5.73 Å². The van der Waals surface area contributed by atoms with Gasteiger partial charge < -0.3 is 10.6 Å². The second-order valence-corrected chi connectivity index (χ2v) is 5.80. The van der Waals surface area contributed by atoms with Crippen molar-refractivity contribution in [2.45, 2.75) is 26.4 Å². The van der Waals surface area contributed by atoms with E-state index < -0.39 is 0 Å². The third-order valence-corrected chi connectivity index (χ3v) is 4.40. The summed E-state index contributed by atoms with van der Waals surface area (Å²) in [4.78, 5) is 15.6. The van der Waals surface area contributed by atoms with Crippen LogP contribution in [0.15, 0.2) is 17.5 Å². The molecule has 0 saturated heterocycles. The molecule has 0 fully saturated rings. The molecule has 0 spiro atoms. The third-order valence-electron chi connectivity index (χ3n) is 3.38. The number of hydrogen-bond donors (Lipinski definition) is 1. The number of nitrogen functional groups attached to an aromatic ring is 1. The second-order valence-electron chi connectivity index (χ2n) is 4.80. The van der Waals surface area contributed by atoms with E-state index >= 15 is 0 Å². The molecule has 0 saturated carbocycles. The minimum atomic E-state index is 0.0756. The van der Waals surface area contributed by atoms with Crippen LogP contribution in [0.3, 0.4) is 0 Å². The van der Waals surface area contributed by atoms with Crippen LogP contribution >= 0.6 is 11.3 Å². The predicted molar refractivity (Wildman–Crippen MR) is 74.8 cm³/mol. The molecule has 2 N–H and O–H groups in total. The summed E-state index contributed by atoms with van der Waals surface area (Å²) < 4.78 is 1.57. The number of carbonyl (C=O) groups is 1. The van der Waals surface area contributed by atoms with Gasteiger partial charge in [-0.1, -0.05) is 0 Å². The SMILES string of the molecule is Cc1cc(N)n(CC(=O)N2CCc3sccc3C2)n1. The smallest absolute Gasteiger partial charge is 0.244 e. The fourth-order valence-corrected chi connectivity index (χ4v) is 3.27. The van der Waals surface area contributed by atoms with E-state index in [2.05, 4.69) is 16.5 Å². The first-order chi connectivity index (χ1) is 9.13. The van der Waals surface area contributed by atoms with Crippen LogP contribution in [0.5, 0.6) is 0 Å². The maximum absolute atomic E-state index is 12.3. The molecule has 6 heteroatoms. The highest BCUT2D eigenvalue weighted by atomic mass is 32.1. The van der Waals surface area contributed by atoms with Crippen LogP contribution in [0, 0.1) is 6.92 Å². The van der Waals surface area contributed by atoms with E-state index in [4.69, 9.17) is 5.73 Å². The number of aromatic nitrogens is 2. The molecular weight excluding hydrogens is 260 g/mol. The maximum Gasteiger partial charge on any atom is 0.244 e. The van der Waals surface area contributed by atoms with Gasteiger partial charge in [0.05, 0.1) is 5.69 Å². The number of hydrogen-bond acceptors (Lipinski definition) is 4. The molecular formula is C13H16N4OS. The van der Waals surface area contributed by atoms with Crippen molar-refractivity contribution >= 4 is 23.1 Å². The third kappa shape index (κ3) is 2.35. The predicted octanol–water partition coefficient (Wildman–Crippen LogP) is 1.42. The van der Waals surface area contributed by atoms with Gasteiger partial charge in [-0.3, -0.25) is 4.79 Å². The Morgan fingerprint density at radius 1 is 1.58 bits per heavy atom. The maximum atomic E-state index is 12.3. The molecule has 3 rings (SSSR count). The van der Waals surface area contributed by atoms with Crippen LogP contribution in [0.4, 0.5) is 5.82 Å². The Labute approximate surface area is 115 Å². The highest BCUT2D eigenvalue weighted by Crippen LogP contribution is 2.24. The highest BCUT2D eigenvalue weighted by molar-refractivity contribution is 7.10. The van der Waals surface area contributed by atoms with Crippen LogP contribution in [0.25, 0.3) is 0 Å². The van der Waals surface area contributed by atoms with Crippen molar-refractivity contribution in [3.8, 4) is 0 Å². The van der Waals surface area contributed by atoms with Gasteiger partial charge in [0.15, 0.2) is 0 Å². The Morgan fingerprint density at radius 3 is 3.16 bits per heavy atom. The van der Waals surface area contributed by atoms with E-state index in [1.807, 2.05) is 11.8 Å². The Morgan fingerprint density at radius 2 is 2.42 bits per heavy atom. The Kier molecular flexibility index (Phi) is 3.02. The van der Waals surface area contributed by atoms with Gasteiger partial charge in [-0.05, 0) is 30.4 Å². The molecule has 1 aliphatic rings. The molecule has 2 aromatic rings. The molecule has 0 unspecified atom stereocenters. The fraction of sp³-hybridized carbons (Fsp3) is 0.385. The zero-order valence-electron chi connectivity index (χ0n) is 10.8. The van der Waals surface area contributed by atoms with Crippen molar-refractivity contribution < 1.29 is 4.79 Å². The van der Waals surface area contributed by atoms with Crippen LogP contribution in [0.1, 0.15) is 16.1 Å². The van der Waals surface area contributed by atoms with Gasteiger partial charge >= 0.3 is 0 Å².